The molecule has 7 nitrogen and oxygen atoms in total. The van der Waals surface area contributed by atoms with Gasteiger partial charge in [0.05, 0.1) is 15.5 Å². The number of nitrogens with one attached hydrogen (secondary N) is 2. The third kappa shape index (κ3) is 5.37. The van der Waals surface area contributed by atoms with Crippen molar-refractivity contribution in [2.24, 2.45) is 5.92 Å². The first kappa shape index (κ1) is 24.5. The number of anilines is 2. The minimum atomic E-state index is -4.68. The number of sulfonamides is 1. The van der Waals surface area contributed by atoms with Gasteiger partial charge in [0, 0.05) is 36.8 Å². The van der Waals surface area contributed by atoms with Gasteiger partial charge in [-0.15, -0.1) is 0 Å². The van der Waals surface area contributed by atoms with Crippen molar-refractivity contribution in [2.75, 3.05) is 23.3 Å². The smallest absolute Gasteiger partial charge is 0.326 e. The molecule has 34 heavy (non-hydrogen) atoms. The van der Waals surface area contributed by atoms with Crippen LogP contribution < -0.4 is 14.9 Å². The molecule has 0 radical (unpaired) electrons. The lowest BCUT2D eigenvalue weighted by Gasteiger charge is -2.17. The van der Waals surface area contributed by atoms with Gasteiger partial charge in [-0.05, 0) is 61.2 Å². The van der Waals surface area contributed by atoms with E-state index < -0.39 is 32.7 Å². The number of halogens is 4. The van der Waals surface area contributed by atoms with Crippen molar-refractivity contribution in [3.8, 4) is 0 Å². The molecule has 182 valence electrons. The zero-order valence-corrected chi connectivity index (χ0v) is 19.4. The number of nitrogens with zero attached hydrogens (tertiary/aromatic N) is 1. The summed E-state index contributed by atoms with van der Waals surface area (Å²) < 4.78 is 66.4. The zero-order chi connectivity index (χ0) is 24.7. The second-order valence-corrected chi connectivity index (χ2v) is 10.4. The van der Waals surface area contributed by atoms with E-state index in [0.29, 0.717) is 19.0 Å². The zero-order valence-electron chi connectivity index (χ0n) is 17.8. The quantitative estimate of drug-likeness (QED) is 0.583. The fraction of sp³-hybridized carbons (Fsp3) is 0.364. The molecule has 0 spiro atoms. The van der Waals surface area contributed by atoms with Crippen molar-refractivity contribution in [3.05, 3.63) is 52.5 Å². The summed E-state index contributed by atoms with van der Waals surface area (Å²) in [7, 11) is -3.92. The summed E-state index contributed by atoms with van der Waals surface area (Å²) in [5.74, 6) is -0.530. The molecule has 1 heterocycles. The van der Waals surface area contributed by atoms with Gasteiger partial charge in [0.15, 0.2) is 0 Å². The molecule has 1 saturated carbocycles. The van der Waals surface area contributed by atoms with Gasteiger partial charge in [-0.2, -0.15) is 13.2 Å². The van der Waals surface area contributed by atoms with Crippen molar-refractivity contribution in [1.29, 1.82) is 0 Å². The van der Waals surface area contributed by atoms with E-state index in [0.717, 1.165) is 30.2 Å². The lowest BCUT2D eigenvalue weighted by atomic mass is 10.2. The van der Waals surface area contributed by atoms with Gasteiger partial charge in [0.25, 0.3) is 0 Å². The van der Waals surface area contributed by atoms with Gasteiger partial charge in [-0.1, -0.05) is 11.6 Å². The molecule has 2 aromatic rings. The van der Waals surface area contributed by atoms with E-state index in [1.54, 1.807) is 11.0 Å². The molecular formula is C22H21ClF3N3O4S. The first-order chi connectivity index (χ1) is 16.0. The largest absolute Gasteiger partial charge is 0.417 e. The van der Waals surface area contributed by atoms with Crippen LogP contribution in [0.25, 0.3) is 0 Å². The summed E-state index contributed by atoms with van der Waals surface area (Å²) in [5, 5.41) is 1.81. The minimum absolute atomic E-state index is 0.0138. The lowest BCUT2D eigenvalue weighted by Crippen LogP contribution is -2.30. The Morgan fingerprint density at radius 3 is 2.53 bits per heavy atom. The van der Waals surface area contributed by atoms with Crippen molar-refractivity contribution in [3.63, 3.8) is 0 Å². The molecule has 4 rings (SSSR count). The summed E-state index contributed by atoms with van der Waals surface area (Å²) >= 11 is 5.56. The van der Waals surface area contributed by atoms with Crippen molar-refractivity contribution in [2.45, 2.75) is 36.8 Å². The van der Waals surface area contributed by atoms with E-state index in [9.17, 15) is 31.2 Å². The molecule has 1 aliphatic carbocycles. The van der Waals surface area contributed by atoms with Gasteiger partial charge >= 0.3 is 6.18 Å². The highest BCUT2D eigenvalue weighted by molar-refractivity contribution is 7.89. The number of carbonyl (C=O) groups excluding carboxylic acids is 2. The van der Waals surface area contributed by atoms with Gasteiger partial charge in [-0.25, -0.2) is 13.1 Å². The molecule has 1 fully saturated rings. The molecule has 2 aliphatic rings. The highest BCUT2D eigenvalue weighted by atomic mass is 35.5. The molecule has 0 bridgehead atoms. The van der Waals surface area contributed by atoms with Gasteiger partial charge in [-0.3, -0.25) is 9.59 Å². The minimum Gasteiger partial charge on any atom is -0.326 e. The van der Waals surface area contributed by atoms with Crippen LogP contribution in [0.2, 0.25) is 5.02 Å². The molecule has 0 aromatic heterocycles. The Labute approximate surface area is 199 Å². The summed E-state index contributed by atoms with van der Waals surface area (Å²) in [4.78, 5) is 26.2. The molecule has 2 aromatic carbocycles. The van der Waals surface area contributed by atoms with Gasteiger partial charge in [0.2, 0.25) is 21.8 Å². The SMILES string of the molecule is O=C(CCNS(=O)(=O)c1ccc2c(c1)CCN2C(=O)C1CC1)Nc1ccc(Cl)c(C(F)(F)F)c1. The number of hydrogen-bond donors (Lipinski definition) is 2. The monoisotopic (exact) mass is 515 g/mol. The van der Waals surface area contributed by atoms with Crippen molar-refractivity contribution in [1.82, 2.24) is 4.72 Å². The lowest BCUT2D eigenvalue weighted by molar-refractivity contribution is -0.137. The average molecular weight is 516 g/mol. The van der Waals surface area contributed by atoms with E-state index in [1.165, 1.54) is 18.2 Å². The van der Waals surface area contributed by atoms with Gasteiger partial charge in [0.1, 0.15) is 0 Å². The van der Waals surface area contributed by atoms with Gasteiger partial charge < -0.3 is 10.2 Å². The number of amides is 2. The van der Waals surface area contributed by atoms with Crippen molar-refractivity contribution < 1.29 is 31.2 Å². The maximum Gasteiger partial charge on any atom is 0.417 e. The summed E-state index contributed by atoms with van der Waals surface area (Å²) in [6, 6.07) is 7.50. The molecule has 2 amide bonds. The third-order valence-corrected chi connectivity index (χ3v) is 7.44. The number of rotatable bonds is 7. The molecule has 0 unspecified atom stereocenters. The Kier molecular flexibility index (Phi) is 6.63. The molecule has 2 N–H and O–H groups in total. The van der Waals surface area contributed by atoms with Crippen LogP contribution in [0.15, 0.2) is 41.3 Å². The molecular weight excluding hydrogens is 495 g/mol. The summed E-state index contributed by atoms with van der Waals surface area (Å²) in [5.41, 5.74) is 0.296. The number of hydrogen-bond acceptors (Lipinski definition) is 4. The van der Waals surface area contributed by atoms with Crippen LogP contribution in [0.3, 0.4) is 0 Å². The Morgan fingerprint density at radius 2 is 1.85 bits per heavy atom. The topological polar surface area (TPSA) is 95.6 Å². The number of carbonyl (C=O) groups is 2. The predicted molar refractivity (Wildman–Crippen MR) is 120 cm³/mol. The normalized spacial score (nSPS) is 15.8. The average Bonchev–Trinajstić information content (AvgIpc) is 3.52. The molecule has 12 heteroatoms. The van der Waals surface area contributed by atoms with Crippen LogP contribution in [0, 0.1) is 5.92 Å². The second kappa shape index (κ2) is 9.20. The Balaban J connectivity index is 1.34. The highest BCUT2D eigenvalue weighted by Crippen LogP contribution is 2.37. The van der Waals surface area contributed by atoms with E-state index in [2.05, 4.69) is 10.0 Å². The Morgan fingerprint density at radius 1 is 1.12 bits per heavy atom. The standard InChI is InChI=1S/C22H21ClF3N3O4S/c23-18-5-3-15(12-17(18)22(24,25)26)28-20(30)7-9-27-34(32,33)16-4-6-19-14(11-16)8-10-29(19)21(31)13-1-2-13/h3-6,11-13,27H,1-2,7-10H2,(H,28,30). The number of fused-ring (bicyclic) bond motifs is 1. The summed E-state index contributed by atoms with van der Waals surface area (Å²) in [6.45, 7) is 0.264. The van der Waals surface area contributed by atoms with Crippen LogP contribution in [0.1, 0.15) is 30.4 Å². The van der Waals surface area contributed by atoms with E-state index >= 15 is 0 Å². The van der Waals surface area contributed by atoms with E-state index in [-0.39, 0.29) is 35.4 Å². The Bertz CT molecular complexity index is 1250. The molecule has 0 atom stereocenters. The van der Waals surface area contributed by atoms with E-state index in [4.69, 9.17) is 11.6 Å². The number of benzene rings is 2. The van der Waals surface area contributed by atoms with Crippen LogP contribution in [0.4, 0.5) is 24.5 Å². The maximum atomic E-state index is 12.9. The predicted octanol–water partition coefficient (Wildman–Crippen LogP) is 3.97. The maximum absolute atomic E-state index is 12.9. The summed E-state index contributed by atoms with van der Waals surface area (Å²) in [6.07, 6.45) is -2.64. The third-order valence-electron chi connectivity index (χ3n) is 5.65. The van der Waals surface area contributed by atoms with Crippen LogP contribution in [-0.4, -0.2) is 33.3 Å². The molecule has 0 saturated heterocycles. The van der Waals surface area contributed by atoms with Crippen LogP contribution in [0.5, 0.6) is 0 Å². The van der Waals surface area contributed by atoms with E-state index in [1.807, 2.05) is 0 Å². The van der Waals surface area contributed by atoms with Crippen LogP contribution >= 0.6 is 11.6 Å². The van der Waals surface area contributed by atoms with Crippen molar-refractivity contribution >= 4 is 44.8 Å². The fourth-order valence-electron chi connectivity index (χ4n) is 3.75. The molecule has 1 aliphatic heterocycles. The number of alkyl halides is 3. The highest BCUT2D eigenvalue weighted by Gasteiger charge is 2.37. The fourth-order valence-corrected chi connectivity index (χ4v) is 5.06. The Hall–Kier alpha value is -2.63. The first-order valence-electron chi connectivity index (χ1n) is 10.6. The second-order valence-electron chi connectivity index (χ2n) is 8.19. The van der Waals surface area contributed by atoms with Crippen LogP contribution in [-0.2, 0) is 32.2 Å². The first-order valence-corrected chi connectivity index (χ1v) is 12.4.